The molecule has 0 amide bonds. The fourth-order valence-corrected chi connectivity index (χ4v) is 4.81. The van der Waals surface area contributed by atoms with Crippen molar-refractivity contribution in [3.05, 3.63) is 93.0 Å². The van der Waals surface area contributed by atoms with Crippen LogP contribution < -0.4 is 14.2 Å². The second kappa shape index (κ2) is 10.3. The second-order valence-electron chi connectivity index (χ2n) is 8.17. The van der Waals surface area contributed by atoms with E-state index in [1.807, 2.05) is 36.4 Å². The van der Waals surface area contributed by atoms with Crippen LogP contribution in [0.1, 0.15) is 49.7 Å². The maximum Gasteiger partial charge on any atom is 0.190 e. The number of carbonyl (C=O) groups is 1. The summed E-state index contributed by atoms with van der Waals surface area (Å²) < 4.78 is 16.7. The summed E-state index contributed by atoms with van der Waals surface area (Å²) in [6.07, 6.45) is 1.83. The van der Waals surface area contributed by atoms with Gasteiger partial charge in [0.2, 0.25) is 0 Å². The number of ether oxygens (including phenoxy) is 3. The van der Waals surface area contributed by atoms with Crippen LogP contribution >= 0.6 is 0 Å². The highest BCUT2D eigenvalue weighted by atomic mass is 16.5. The molecule has 0 aliphatic heterocycles. The molecule has 3 aromatic rings. The smallest absolute Gasteiger partial charge is 0.190 e. The van der Waals surface area contributed by atoms with Gasteiger partial charge in [-0.1, -0.05) is 30.3 Å². The van der Waals surface area contributed by atoms with E-state index in [0.29, 0.717) is 56.2 Å². The highest BCUT2D eigenvalue weighted by Crippen LogP contribution is 2.51. The first-order chi connectivity index (χ1) is 17.0. The molecule has 0 saturated carbocycles. The molecule has 0 aromatic heterocycles. The van der Waals surface area contributed by atoms with E-state index in [0.717, 1.165) is 5.56 Å². The van der Waals surface area contributed by atoms with Crippen molar-refractivity contribution in [3.8, 4) is 17.2 Å². The zero-order valence-corrected chi connectivity index (χ0v) is 19.9. The zero-order valence-electron chi connectivity index (χ0n) is 19.9. The van der Waals surface area contributed by atoms with Crippen LogP contribution in [0.2, 0.25) is 0 Å². The lowest BCUT2D eigenvalue weighted by molar-refractivity contribution is 0.103. The van der Waals surface area contributed by atoms with Gasteiger partial charge in [0.05, 0.1) is 41.2 Å². The number of benzene rings is 3. The number of Topliss-reactive ketones (excluding diaryl/α,β-unsaturated/α-hetero) is 1. The first kappa shape index (κ1) is 24.5. The summed E-state index contributed by atoms with van der Waals surface area (Å²) in [4.78, 5) is 13.8. The van der Waals surface area contributed by atoms with E-state index in [1.54, 1.807) is 18.2 Å². The molecule has 4 rings (SSSR count). The van der Waals surface area contributed by atoms with E-state index >= 15 is 0 Å². The SMILES string of the molecule is COc1cc(C2/C(=C/c3ccccc3)C(=O)c3cc(CO)c(CO)c(OC)c32)cc(CO)c1OC. The largest absolute Gasteiger partial charge is 0.496 e. The maximum atomic E-state index is 13.8. The molecule has 0 saturated heterocycles. The number of rotatable bonds is 8. The van der Waals surface area contributed by atoms with Crippen molar-refractivity contribution in [3.63, 3.8) is 0 Å². The normalized spacial score (nSPS) is 15.9. The molecule has 7 nitrogen and oxygen atoms in total. The Balaban J connectivity index is 2.07. The van der Waals surface area contributed by atoms with Gasteiger partial charge in [-0.25, -0.2) is 0 Å². The van der Waals surface area contributed by atoms with Gasteiger partial charge in [-0.05, 0) is 41.0 Å². The Hall–Kier alpha value is -3.65. The summed E-state index contributed by atoms with van der Waals surface area (Å²) in [5, 5.41) is 30.0. The van der Waals surface area contributed by atoms with Crippen LogP contribution in [0.4, 0.5) is 0 Å². The Morgan fingerprint density at radius 2 is 1.51 bits per heavy atom. The summed E-state index contributed by atoms with van der Waals surface area (Å²) in [5.41, 5.74) is 4.40. The number of aliphatic hydroxyl groups excluding tert-OH is 3. The van der Waals surface area contributed by atoms with Crippen LogP contribution in [0, 0.1) is 0 Å². The van der Waals surface area contributed by atoms with Crippen molar-refractivity contribution in [1.29, 1.82) is 0 Å². The van der Waals surface area contributed by atoms with Crippen molar-refractivity contribution >= 4 is 11.9 Å². The molecule has 7 heteroatoms. The van der Waals surface area contributed by atoms with Crippen molar-refractivity contribution in [1.82, 2.24) is 0 Å². The Labute approximate surface area is 203 Å². The standard InChI is InChI=1S/C28H28O7/c1-33-23-12-17(10-19(14-30)27(23)34-2)24-20(9-16-7-5-4-6-8-16)26(32)21-11-18(13-29)22(15-31)28(35-3)25(21)24/h4-12,24,29-31H,13-15H2,1-3H3/b20-9-. The molecule has 0 spiro atoms. The average molecular weight is 477 g/mol. The molecule has 182 valence electrons. The van der Waals surface area contributed by atoms with Gasteiger partial charge in [0.1, 0.15) is 5.75 Å². The molecule has 1 aliphatic carbocycles. The molecule has 0 fully saturated rings. The molecule has 0 bridgehead atoms. The van der Waals surface area contributed by atoms with Crippen LogP contribution in [-0.2, 0) is 19.8 Å². The van der Waals surface area contributed by atoms with E-state index in [-0.39, 0.29) is 25.6 Å². The number of methoxy groups -OCH3 is 3. The number of ketones is 1. The van der Waals surface area contributed by atoms with E-state index in [9.17, 15) is 20.1 Å². The summed E-state index contributed by atoms with van der Waals surface area (Å²) in [6.45, 7) is -1.000. The lowest BCUT2D eigenvalue weighted by Crippen LogP contribution is -2.08. The number of hydrogen-bond acceptors (Lipinski definition) is 7. The van der Waals surface area contributed by atoms with Gasteiger partial charge in [-0.15, -0.1) is 0 Å². The summed E-state index contributed by atoms with van der Waals surface area (Å²) >= 11 is 0. The number of allylic oxidation sites excluding steroid dienone is 1. The Kier molecular flexibility index (Phi) is 7.21. The van der Waals surface area contributed by atoms with Crippen molar-refractivity contribution in [2.24, 2.45) is 0 Å². The molecular weight excluding hydrogens is 448 g/mol. The topological polar surface area (TPSA) is 105 Å². The minimum Gasteiger partial charge on any atom is -0.496 e. The predicted octanol–water partition coefficient (Wildman–Crippen LogP) is 3.60. The van der Waals surface area contributed by atoms with E-state index in [2.05, 4.69) is 0 Å². The van der Waals surface area contributed by atoms with Crippen molar-refractivity contribution in [2.75, 3.05) is 21.3 Å². The van der Waals surface area contributed by atoms with Gasteiger partial charge < -0.3 is 29.5 Å². The summed E-state index contributed by atoms with van der Waals surface area (Å²) in [7, 11) is 4.48. The Bertz CT molecular complexity index is 1250. The van der Waals surface area contributed by atoms with Crippen LogP contribution in [0.5, 0.6) is 17.2 Å². The predicted molar refractivity (Wildman–Crippen MR) is 131 cm³/mol. The summed E-state index contributed by atoms with van der Waals surface area (Å²) in [5.74, 6) is 0.407. The van der Waals surface area contributed by atoms with Gasteiger partial charge in [-0.3, -0.25) is 4.79 Å². The van der Waals surface area contributed by atoms with Crippen molar-refractivity contribution in [2.45, 2.75) is 25.7 Å². The van der Waals surface area contributed by atoms with Crippen LogP contribution in [0.3, 0.4) is 0 Å². The average Bonchev–Trinajstić information content (AvgIpc) is 3.17. The molecule has 1 atom stereocenters. The van der Waals surface area contributed by atoms with Gasteiger partial charge in [0.25, 0.3) is 0 Å². The Morgan fingerprint density at radius 3 is 2.09 bits per heavy atom. The fourth-order valence-electron chi connectivity index (χ4n) is 4.81. The molecule has 0 radical (unpaired) electrons. The van der Waals surface area contributed by atoms with E-state index in [1.165, 1.54) is 21.3 Å². The third-order valence-corrected chi connectivity index (χ3v) is 6.36. The maximum absolute atomic E-state index is 13.8. The van der Waals surface area contributed by atoms with Crippen molar-refractivity contribution < 1.29 is 34.3 Å². The number of fused-ring (bicyclic) bond motifs is 1. The van der Waals surface area contributed by atoms with E-state index < -0.39 is 5.92 Å². The minimum atomic E-state index is -0.573. The number of hydrogen-bond donors (Lipinski definition) is 3. The number of carbonyl (C=O) groups excluding carboxylic acids is 1. The highest BCUT2D eigenvalue weighted by molar-refractivity contribution is 6.18. The molecule has 3 aromatic carbocycles. The van der Waals surface area contributed by atoms with Gasteiger partial charge >= 0.3 is 0 Å². The van der Waals surface area contributed by atoms with Crippen LogP contribution in [0.15, 0.2) is 54.1 Å². The zero-order chi connectivity index (χ0) is 25.1. The Morgan fingerprint density at radius 1 is 0.829 bits per heavy atom. The quantitative estimate of drug-likeness (QED) is 0.427. The van der Waals surface area contributed by atoms with Gasteiger partial charge in [0, 0.05) is 33.7 Å². The minimum absolute atomic E-state index is 0.202. The fraction of sp³-hybridized carbons (Fsp3) is 0.250. The summed E-state index contributed by atoms with van der Waals surface area (Å²) in [6, 6.07) is 14.7. The first-order valence-corrected chi connectivity index (χ1v) is 11.1. The monoisotopic (exact) mass is 476 g/mol. The third-order valence-electron chi connectivity index (χ3n) is 6.36. The van der Waals surface area contributed by atoms with Crippen LogP contribution in [0.25, 0.3) is 6.08 Å². The highest BCUT2D eigenvalue weighted by Gasteiger charge is 2.40. The number of aliphatic hydroxyl groups is 3. The molecule has 1 unspecified atom stereocenters. The lowest BCUT2D eigenvalue weighted by Gasteiger charge is -2.22. The third kappa shape index (κ3) is 4.18. The van der Waals surface area contributed by atoms with E-state index in [4.69, 9.17) is 14.2 Å². The van der Waals surface area contributed by atoms with Gasteiger partial charge in [0.15, 0.2) is 17.3 Å². The molecule has 35 heavy (non-hydrogen) atoms. The first-order valence-electron chi connectivity index (χ1n) is 11.1. The molecule has 3 N–H and O–H groups in total. The molecule has 1 aliphatic rings. The molecular formula is C28H28O7. The van der Waals surface area contributed by atoms with Crippen LogP contribution in [-0.4, -0.2) is 42.4 Å². The van der Waals surface area contributed by atoms with Gasteiger partial charge in [-0.2, -0.15) is 0 Å². The lowest BCUT2D eigenvalue weighted by atomic mass is 9.85. The molecule has 0 heterocycles. The second-order valence-corrected chi connectivity index (χ2v) is 8.17.